The van der Waals surface area contributed by atoms with E-state index >= 15 is 0 Å². The largest absolute Gasteiger partial charge is 0.454 e. The third-order valence-electron chi connectivity index (χ3n) is 3.02. The second-order valence-electron chi connectivity index (χ2n) is 4.45. The van der Waals surface area contributed by atoms with Crippen LogP contribution in [0.15, 0.2) is 24.8 Å². The molecule has 0 spiro atoms. The Morgan fingerprint density at radius 1 is 1.47 bits per heavy atom. The molecule has 1 aliphatic heterocycles. The molecule has 0 bridgehead atoms. The standard InChI is InChI=1S/C14H18N2O3/c1-3-4-5-6-16(2)14(17)10-7-12-13(8-11(10)15)19-9-18-12/h3,7-8H,1,4-6,9,15H2,2H3. The molecule has 0 aromatic heterocycles. The fourth-order valence-corrected chi connectivity index (χ4v) is 1.92. The van der Waals surface area contributed by atoms with Crippen LogP contribution >= 0.6 is 0 Å². The number of carbonyl (C=O) groups excluding carboxylic acids is 1. The van der Waals surface area contributed by atoms with Crippen molar-refractivity contribution < 1.29 is 14.3 Å². The van der Waals surface area contributed by atoms with Gasteiger partial charge in [-0.15, -0.1) is 6.58 Å². The minimum atomic E-state index is -0.111. The number of nitrogen functional groups attached to an aromatic ring is 1. The normalized spacial score (nSPS) is 12.3. The third-order valence-corrected chi connectivity index (χ3v) is 3.02. The predicted octanol–water partition coefficient (Wildman–Crippen LogP) is 2.04. The molecule has 19 heavy (non-hydrogen) atoms. The molecular formula is C14H18N2O3. The Hall–Kier alpha value is -2.17. The molecule has 1 aliphatic rings. The second-order valence-corrected chi connectivity index (χ2v) is 4.45. The summed E-state index contributed by atoms with van der Waals surface area (Å²) in [7, 11) is 1.76. The highest BCUT2D eigenvalue weighted by atomic mass is 16.7. The van der Waals surface area contributed by atoms with Gasteiger partial charge in [-0.05, 0) is 18.9 Å². The predicted molar refractivity (Wildman–Crippen MR) is 73.4 cm³/mol. The molecule has 5 nitrogen and oxygen atoms in total. The topological polar surface area (TPSA) is 64.8 Å². The van der Waals surface area contributed by atoms with E-state index < -0.39 is 0 Å². The van der Waals surface area contributed by atoms with Crippen LogP contribution in [0.25, 0.3) is 0 Å². The molecule has 102 valence electrons. The Labute approximate surface area is 112 Å². The first-order valence-electron chi connectivity index (χ1n) is 6.19. The number of nitrogens with zero attached hydrogens (tertiary/aromatic N) is 1. The molecule has 1 heterocycles. The van der Waals surface area contributed by atoms with Crippen molar-refractivity contribution in [1.29, 1.82) is 0 Å². The highest BCUT2D eigenvalue weighted by molar-refractivity contribution is 6.00. The summed E-state index contributed by atoms with van der Waals surface area (Å²) >= 11 is 0. The Morgan fingerprint density at radius 2 is 2.16 bits per heavy atom. The van der Waals surface area contributed by atoms with E-state index in [-0.39, 0.29) is 12.7 Å². The van der Waals surface area contributed by atoms with Crippen molar-refractivity contribution in [3.63, 3.8) is 0 Å². The zero-order valence-electron chi connectivity index (χ0n) is 11.0. The van der Waals surface area contributed by atoms with Crippen molar-refractivity contribution in [2.24, 2.45) is 0 Å². The van der Waals surface area contributed by atoms with E-state index in [2.05, 4.69) is 6.58 Å². The van der Waals surface area contributed by atoms with E-state index in [4.69, 9.17) is 15.2 Å². The lowest BCUT2D eigenvalue weighted by atomic mass is 10.1. The summed E-state index contributed by atoms with van der Waals surface area (Å²) in [5.74, 6) is 1.04. The number of fused-ring (bicyclic) bond motifs is 1. The van der Waals surface area contributed by atoms with Crippen LogP contribution in [0.3, 0.4) is 0 Å². The summed E-state index contributed by atoms with van der Waals surface area (Å²) in [4.78, 5) is 13.9. The van der Waals surface area contributed by atoms with Crippen LogP contribution in [0.1, 0.15) is 23.2 Å². The fourth-order valence-electron chi connectivity index (χ4n) is 1.92. The van der Waals surface area contributed by atoms with Crippen LogP contribution in [-0.2, 0) is 0 Å². The summed E-state index contributed by atoms with van der Waals surface area (Å²) in [6.45, 7) is 4.49. The first-order valence-corrected chi connectivity index (χ1v) is 6.19. The molecule has 1 aromatic rings. The number of unbranched alkanes of at least 4 members (excludes halogenated alkanes) is 1. The highest BCUT2D eigenvalue weighted by Crippen LogP contribution is 2.36. The van der Waals surface area contributed by atoms with Crippen LogP contribution in [0.2, 0.25) is 0 Å². The van der Waals surface area contributed by atoms with Gasteiger partial charge < -0.3 is 20.1 Å². The second kappa shape index (κ2) is 5.65. The van der Waals surface area contributed by atoms with E-state index in [1.54, 1.807) is 24.1 Å². The molecule has 2 N–H and O–H groups in total. The first kappa shape index (κ1) is 13.3. The van der Waals surface area contributed by atoms with Crippen molar-refractivity contribution in [2.45, 2.75) is 12.8 Å². The first-order chi connectivity index (χ1) is 9.13. The van der Waals surface area contributed by atoms with Crippen LogP contribution in [0, 0.1) is 0 Å². The average Bonchev–Trinajstić information content (AvgIpc) is 2.84. The van der Waals surface area contributed by atoms with Crippen LogP contribution < -0.4 is 15.2 Å². The SMILES string of the molecule is C=CCCCN(C)C(=O)c1cc2c(cc1N)OCO2. The zero-order valence-corrected chi connectivity index (χ0v) is 11.0. The van der Waals surface area contributed by atoms with Gasteiger partial charge in [-0.1, -0.05) is 6.08 Å². The summed E-state index contributed by atoms with van der Waals surface area (Å²) in [6, 6.07) is 3.27. The van der Waals surface area contributed by atoms with Gasteiger partial charge in [0, 0.05) is 25.3 Å². The zero-order chi connectivity index (χ0) is 13.8. The fraction of sp³-hybridized carbons (Fsp3) is 0.357. The molecule has 0 radical (unpaired) electrons. The van der Waals surface area contributed by atoms with E-state index in [9.17, 15) is 4.79 Å². The van der Waals surface area contributed by atoms with Gasteiger partial charge in [0.1, 0.15) is 0 Å². The summed E-state index contributed by atoms with van der Waals surface area (Å²) in [6.07, 6.45) is 3.61. The van der Waals surface area contributed by atoms with E-state index in [0.29, 0.717) is 29.3 Å². The average molecular weight is 262 g/mol. The Morgan fingerprint density at radius 3 is 2.84 bits per heavy atom. The molecule has 0 unspecified atom stereocenters. The highest BCUT2D eigenvalue weighted by Gasteiger charge is 2.21. The van der Waals surface area contributed by atoms with Crippen molar-refractivity contribution >= 4 is 11.6 Å². The third kappa shape index (κ3) is 2.81. The number of allylic oxidation sites excluding steroid dienone is 1. The maximum absolute atomic E-state index is 12.3. The maximum Gasteiger partial charge on any atom is 0.255 e. The van der Waals surface area contributed by atoms with Crippen molar-refractivity contribution in [1.82, 2.24) is 4.90 Å². The molecule has 0 aliphatic carbocycles. The van der Waals surface area contributed by atoms with Crippen LogP contribution in [-0.4, -0.2) is 31.2 Å². The molecule has 2 rings (SSSR count). The number of ether oxygens (including phenoxy) is 2. The lowest BCUT2D eigenvalue weighted by molar-refractivity contribution is 0.0794. The molecule has 0 atom stereocenters. The van der Waals surface area contributed by atoms with Gasteiger partial charge in [0.05, 0.1) is 5.56 Å². The van der Waals surface area contributed by atoms with Gasteiger partial charge in [-0.3, -0.25) is 4.79 Å². The Kier molecular flexibility index (Phi) is 3.94. The van der Waals surface area contributed by atoms with Crippen molar-refractivity contribution in [3.8, 4) is 11.5 Å². The lowest BCUT2D eigenvalue weighted by Gasteiger charge is -2.18. The Bertz CT molecular complexity index is 500. The van der Waals surface area contributed by atoms with Gasteiger partial charge in [0.2, 0.25) is 6.79 Å². The van der Waals surface area contributed by atoms with Gasteiger partial charge in [-0.2, -0.15) is 0 Å². The minimum absolute atomic E-state index is 0.111. The minimum Gasteiger partial charge on any atom is -0.454 e. The number of rotatable bonds is 5. The molecular weight excluding hydrogens is 244 g/mol. The van der Waals surface area contributed by atoms with E-state index in [1.807, 2.05) is 6.08 Å². The van der Waals surface area contributed by atoms with Crippen molar-refractivity contribution in [3.05, 3.63) is 30.4 Å². The van der Waals surface area contributed by atoms with Gasteiger partial charge in [-0.25, -0.2) is 0 Å². The smallest absolute Gasteiger partial charge is 0.255 e. The Balaban J connectivity index is 2.12. The number of benzene rings is 1. The number of anilines is 1. The van der Waals surface area contributed by atoms with Gasteiger partial charge in [0.15, 0.2) is 11.5 Å². The molecule has 0 saturated heterocycles. The lowest BCUT2D eigenvalue weighted by Crippen LogP contribution is -2.28. The van der Waals surface area contributed by atoms with Gasteiger partial charge in [0.25, 0.3) is 5.91 Å². The number of hydrogen-bond donors (Lipinski definition) is 1. The van der Waals surface area contributed by atoms with Crippen molar-refractivity contribution in [2.75, 3.05) is 26.1 Å². The number of hydrogen-bond acceptors (Lipinski definition) is 4. The molecule has 0 saturated carbocycles. The monoisotopic (exact) mass is 262 g/mol. The summed E-state index contributed by atoms with van der Waals surface area (Å²) in [5.41, 5.74) is 6.74. The summed E-state index contributed by atoms with van der Waals surface area (Å²) in [5, 5.41) is 0. The van der Waals surface area contributed by atoms with E-state index in [0.717, 1.165) is 12.8 Å². The number of carbonyl (C=O) groups is 1. The number of nitrogens with two attached hydrogens (primary N) is 1. The van der Waals surface area contributed by atoms with Crippen LogP contribution in [0.4, 0.5) is 5.69 Å². The molecule has 0 fully saturated rings. The van der Waals surface area contributed by atoms with Gasteiger partial charge >= 0.3 is 0 Å². The molecule has 5 heteroatoms. The summed E-state index contributed by atoms with van der Waals surface area (Å²) < 4.78 is 10.5. The van der Waals surface area contributed by atoms with E-state index in [1.165, 1.54) is 0 Å². The molecule has 1 amide bonds. The van der Waals surface area contributed by atoms with Crippen LogP contribution in [0.5, 0.6) is 11.5 Å². The number of amides is 1. The quantitative estimate of drug-likeness (QED) is 0.501. The maximum atomic E-state index is 12.3. The molecule has 1 aromatic carbocycles.